The fourth-order valence-electron chi connectivity index (χ4n) is 2.25. The van der Waals surface area contributed by atoms with Gasteiger partial charge in [-0.15, -0.1) is 0 Å². The molecule has 0 radical (unpaired) electrons. The molecule has 2 heterocycles. The molecule has 0 aromatic carbocycles. The van der Waals surface area contributed by atoms with Gasteiger partial charge in [0.15, 0.2) is 0 Å². The Balaban J connectivity index is 2.16. The van der Waals surface area contributed by atoms with Gasteiger partial charge in [0.05, 0.1) is 5.69 Å². The van der Waals surface area contributed by atoms with Crippen LogP contribution in [0.4, 0.5) is 5.69 Å². The molecule has 2 N–H and O–H groups in total. The predicted octanol–water partition coefficient (Wildman–Crippen LogP) is 2.06. The summed E-state index contributed by atoms with van der Waals surface area (Å²) in [5.41, 5.74) is 7.23. The lowest BCUT2D eigenvalue weighted by molar-refractivity contribution is 0.0757. The van der Waals surface area contributed by atoms with Crippen molar-refractivity contribution in [3.63, 3.8) is 0 Å². The van der Waals surface area contributed by atoms with E-state index in [0.29, 0.717) is 5.69 Å². The van der Waals surface area contributed by atoms with Crippen molar-refractivity contribution in [3.05, 3.63) is 18.0 Å². The first-order valence-corrected chi connectivity index (χ1v) is 7.70. The summed E-state index contributed by atoms with van der Waals surface area (Å²) < 4.78 is 1.98. The number of nitrogens with two attached hydrogens (primary N) is 1. The van der Waals surface area contributed by atoms with Gasteiger partial charge in [-0.05, 0) is 24.7 Å². The Hall–Kier alpha value is -1.10. The summed E-state index contributed by atoms with van der Waals surface area (Å²) >= 11 is 1.93. The third-order valence-corrected chi connectivity index (χ3v) is 4.16. The Morgan fingerprint density at radius 2 is 2.28 bits per heavy atom. The Kier molecular flexibility index (Phi) is 4.58. The van der Waals surface area contributed by atoms with Gasteiger partial charge in [-0.1, -0.05) is 6.92 Å². The number of anilines is 1. The lowest BCUT2D eigenvalue weighted by atomic mass is 10.3. The molecule has 2 rings (SSSR count). The van der Waals surface area contributed by atoms with Gasteiger partial charge in [0, 0.05) is 31.6 Å². The summed E-state index contributed by atoms with van der Waals surface area (Å²) in [6.07, 6.45) is 3.95. The average Bonchev–Trinajstić information content (AvgIpc) is 2.57. The number of hydrogen-bond acceptors (Lipinski definition) is 3. The summed E-state index contributed by atoms with van der Waals surface area (Å²) in [6, 6.07) is 1.80. The maximum Gasteiger partial charge on any atom is 0.270 e. The monoisotopic (exact) mass is 267 g/mol. The molecule has 0 spiro atoms. The maximum atomic E-state index is 12.5. The number of carbonyl (C=O) groups is 1. The average molecular weight is 267 g/mol. The van der Waals surface area contributed by atoms with Gasteiger partial charge in [-0.3, -0.25) is 4.79 Å². The van der Waals surface area contributed by atoms with Crippen molar-refractivity contribution in [3.8, 4) is 0 Å². The van der Waals surface area contributed by atoms with Gasteiger partial charge in [0.1, 0.15) is 5.69 Å². The van der Waals surface area contributed by atoms with Crippen molar-refractivity contribution in [1.82, 2.24) is 9.47 Å². The second-order valence-electron chi connectivity index (χ2n) is 4.61. The number of aryl methyl sites for hydroxylation is 1. The second kappa shape index (κ2) is 6.18. The summed E-state index contributed by atoms with van der Waals surface area (Å²) in [4.78, 5) is 14.5. The largest absolute Gasteiger partial charge is 0.397 e. The van der Waals surface area contributed by atoms with Crippen molar-refractivity contribution in [2.24, 2.45) is 0 Å². The SMILES string of the molecule is CCCn1cc(N)cc1C(=O)N1CCCSCC1. The molecule has 18 heavy (non-hydrogen) atoms. The second-order valence-corrected chi connectivity index (χ2v) is 5.83. The number of amides is 1. The molecule has 1 aliphatic rings. The number of carbonyl (C=O) groups excluding carboxylic acids is 1. The first kappa shape index (κ1) is 13.3. The van der Waals surface area contributed by atoms with Crippen molar-refractivity contribution in [2.45, 2.75) is 26.3 Å². The highest BCUT2D eigenvalue weighted by molar-refractivity contribution is 7.99. The molecule has 1 aliphatic heterocycles. The van der Waals surface area contributed by atoms with Crippen LogP contribution in [0.2, 0.25) is 0 Å². The zero-order valence-electron chi connectivity index (χ0n) is 10.9. The van der Waals surface area contributed by atoms with Crippen LogP contribution in [0.25, 0.3) is 0 Å². The third kappa shape index (κ3) is 3.02. The summed E-state index contributed by atoms with van der Waals surface area (Å²) in [7, 11) is 0. The van der Waals surface area contributed by atoms with Crippen LogP contribution < -0.4 is 5.73 Å². The van der Waals surface area contributed by atoms with Gasteiger partial charge in [-0.2, -0.15) is 11.8 Å². The van der Waals surface area contributed by atoms with E-state index in [2.05, 4.69) is 6.92 Å². The third-order valence-electron chi connectivity index (χ3n) is 3.11. The topological polar surface area (TPSA) is 51.3 Å². The van der Waals surface area contributed by atoms with Crippen LogP contribution in [0.5, 0.6) is 0 Å². The molecule has 0 unspecified atom stereocenters. The molecular formula is C13H21N3OS. The summed E-state index contributed by atoms with van der Waals surface area (Å²) in [5, 5.41) is 0. The van der Waals surface area contributed by atoms with Gasteiger partial charge >= 0.3 is 0 Å². The van der Waals surface area contributed by atoms with E-state index in [4.69, 9.17) is 5.73 Å². The first-order valence-electron chi connectivity index (χ1n) is 6.55. The molecule has 1 amide bonds. The van der Waals surface area contributed by atoms with Crippen LogP contribution in [0.3, 0.4) is 0 Å². The highest BCUT2D eigenvalue weighted by atomic mass is 32.2. The number of nitrogen functional groups attached to an aromatic ring is 1. The van der Waals surface area contributed by atoms with E-state index in [0.717, 1.165) is 49.7 Å². The number of aromatic nitrogens is 1. The number of thioether (sulfide) groups is 1. The predicted molar refractivity (Wildman–Crippen MR) is 77.0 cm³/mol. The molecule has 1 saturated heterocycles. The number of rotatable bonds is 3. The molecule has 100 valence electrons. The Morgan fingerprint density at radius 1 is 1.44 bits per heavy atom. The zero-order valence-corrected chi connectivity index (χ0v) is 11.7. The van der Waals surface area contributed by atoms with Gasteiger partial charge in [0.2, 0.25) is 0 Å². The quantitative estimate of drug-likeness (QED) is 0.912. The van der Waals surface area contributed by atoms with E-state index in [9.17, 15) is 4.79 Å². The highest BCUT2D eigenvalue weighted by Gasteiger charge is 2.20. The van der Waals surface area contributed by atoms with Crippen LogP contribution >= 0.6 is 11.8 Å². The van der Waals surface area contributed by atoms with E-state index in [-0.39, 0.29) is 5.91 Å². The molecule has 0 saturated carbocycles. The molecule has 1 aromatic rings. The van der Waals surface area contributed by atoms with Crippen LogP contribution in [0, 0.1) is 0 Å². The molecule has 0 bridgehead atoms. The molecular weight excluding hydrogens is 246 g/mol. The Labute approximate surface area is 113 Å². The van der Waals surface area contributed by atoms with Gasteiger partial charge < -0.3 is 15.2 Å². The number of nitrogens with zero attached hydrogens (tertiary/aromatic N) is 2. The van der Waals surface area contributed by atoms with E-state index in [1.165, 1.54) is 0 Å². The number of hydrogen-bond donors (Lipinski definition) is 1. The zero-order chi connectivity index (χ0) is 13.0. The fraction of sp³-hybridized carbons (Fsp3) is 0.615. The first-order chi connectivity index (χ1) is 8.72. The van der Waals surface area contributed by atoms with E-state index >= 15 is 0 Å². The minimum atomic E-state index is 0.127. The van der Waals surface area contributed by atoms with E-state index < -0.39 is 0 Å². The van der Waals surface area contributed by atoms with Crippen molar-refractivity contribution in [2.75, 3.05) is 30.3 Å². The van der Waals surface area contributed by atoms with Crippen molar-refractivity contribution in [1.29, 1.82) is 0 Å². The lowest BCUT2D eigenvalue weighted by Crippen LogP contribution is -2.34. The molecule has 1 fully saturated rings. The molecule has 1 aromatic heterocycles. The Morgan fingerprint density at radius 3 is 3.06 bits per heavy atom. The maximum absolute atomic E-state index is 12.5. The van der Waals surface area contributed by atoms with Crippen LogP contribution in [0.1, 0.15) is 30.3 Å². The molecule has 4 nitrogen and oxygen atoms in total. The van der Waals surface area contributed by atoms with Gasteiger partial charge in [-0.25, -0.2) is 0 Å². The Bertz CT molecular complexity index is 408. The molecule has 0 aliphatic carbocycles. The minimum Gasteiger partial charge on any atom is -0.397 e. The lowest BCUT2D eigenvalue weighted by Gasteiger charge is -2.20. The van der Waals surface area contributed by atoms with Gasteiger partial charge in [0.25, 0.3) is 5.91 Å². The smallest absolute Gasteiger partial charge is 0.270 e. The normalized spacial score (nSPS) is 16.6. The summed E-state index contributed by atoms with van der Waals surface area (Å²) in [6.45, 7) is 4.66. The molecule has 5 heteroatoms. The van der Waals surface area contributed by atoms with Crippen molar-refractivity contribution >= 4 is 23.4 Å². The highest BCUT2D eigenvalue weighted by Crippen LogP contribution is 2.17. The van der Waals surface area contributed by atoms with Crippen molar-refractivity contribution < 1.29 is 4.79 Å². The summed E-state index contributed by atoms with van der Waals surface area (Å²) in [5.74, 6) is 2.32. The molecule has 0 atom stereocenters. The fourth-order valence-corrected chi connectivity index (χ4v) is 3.14. The van der Waals surface area contributed by atoms with Crippen LogP contribution in [-0.4, -0.2) is 40.0 Å². The minimum absolute atomic E-state index is 0.127. The van der Waals surface area contributed by atoms with Crippen LogP contribution in [-0.2, 0) is 6.54 Å². The standard InChI is InChI=1S/C13H21N3OS/c1-2-4-16-10-11(14)9-12(16)13(17)15-5-3-7-18-8-6-15/h9-10H,2-8,14H2,1H3. The van der Waals surface area contributed by atoms with E-state index in [1.54, 1.807) is 6.07 Å². The van der Waals surface area contributed by atoms with E-state index in [1.807, 2.05) is 27.4 Å². The van der Waals surface area contributed by atoms with Crippen LogP contribution in [0.15, 0.2) is 12.3 Å².